The molecule has 4 rings (SSSR count). The summed E-state index contributed by atoms with van der Waals surface area (Å²) in [6, 6.07) is 25.6. The highest BCUT2D eigenvalue weighted by atomic mass is 16.7. The maximum absolute atomic E-state index is 11.5. The van der Waals surface area contributed by atoms with Gasteiger partial charge in [-0.1, -0.05) is 72.8 Å². The highest BCUT2D eigenvalue weighted by Crippen LogP contribution is 2.28. The third kappa shape index (κ3) is 8.27. The van der Waals surface area contributed by atoms with Crippen molar-refractivity contribution in [1.29, 1.82) is 0 Å². The van der Waals surface area contributed by atoms with E-state index in [2.05, 4.69) is 24.3 Å². The van der Waals surface area contributed by atoms with Crippen molar-refractivity contribution < 1.29 is 43.8 Å². The van der Waals surface area contributed by atoms with E-state index in [0.717, 1.165) is 23.1 Å². The Balaban J connectivity index is 1.33. The van der Waals surface area contributed by atoms with E-state index in [1.54, 1.807) is 19.1 Å². The van der Waals surface area contributed by atoms with Crippen molar-refractivity contribution in [3.63, 3.8) is 0 Å². The van der Waals surface area contributed by atoms with Gasteiger partial charge >= 0.3 is 6.16 Å². The van der Waals surface area contributed by atoms with Crippen LogP contribution in [0.2, 0.25) is 0 Å². The predicted octanol–water partition coefficient (Wildman–Crippen LogP) is 3.40. The van der Waals surface area contributed by atoms with E-state index in [1.165, 1.54) is 5.56 Å². The summed E-state index contributed by atoms with van der Waals surface area (Å²) < 4.78 is 27.1. The van der Waals surface area contributed by atoms with Crippen molar-refractivity contribution in [2.24, 2.45) is 0 Å². The molecule has 0 radical (unpaired) electrons. The van der Waals surface area contributed by atoms with Crippen molar-refractivity contribution in [3.8, 4) is 5.75 Å². The summed E-state index contributed by atoms with van der Waals surface area (Å²) in [5, 5.41) is 31.2. The van der Waals surface area contributed by atoms with Crippen LogP contribution in [-0.4, -0.2) is 72.0 Å². The molecule has 5 atom stereocenters. The third-order valence-corrected chi connectivity index (χ3v) is 6.58. The summed E-state index contributed by atoms with van der Waals surface area (Å²) in [4.78, 5) is 11.5. The zero-order valence-corrected chi connectivity index (χ0v) is 22.4. The highest BCUT2D eigenvalue weighted by molar-refractivity contribution is 5.59. The lowest BCUT2D eigenvalue weighted by molar-refractivity contribution is -0.278. The molecule has 0 saturated carbocycles. The molecule has 0 aliphatic carbocycles. The zero-order chi connectivity index (χ0) is 28.3. The van der Waals surface area contributed by atoms with Crippen molar-refractivity contribution in [1.82, 2.24) is 0 Å². The van der Waals surface area contributed by atoms with Gasteiger partial charge in [0.15, 0.2) is 0 Å². The lowest BCUT2D eigenvalue weighted by Gasteiger charge is -2.40. The van der Waals surface area contributed by atoms with Crippen LogP contribution in [0.15, 0.2) is 78.9 Å². The van der Waals surface area contributed by atoms with Gasteiger partial charge in [-0.2, -0.15) is 0 Å². The molecule has 0 bridgehead atoms. The standard InChI is InChI=1S/C31H36O9/c1-2-37-31(35)38-20-26-27(32)28(33)29(34)30(40-26)39-25-11-7-6-10-24(25)18-22-14-12-21(13-15-22)16-17-36-19-23-8-4-3-5-9-23/h3-15,26-30,32-34H,2,16-20H2,1H3/t26-,27-,28+,29-,30+/m1/s1. The Morgan fingerprint density at radius 2 is 1.50 bits per heavy atom. The molecule has 1 fully saturated rings. The predicted molar refractivity (Wildman–Crippen MR) is 146 cm³/mol. The summed E-state index contributed by atoms with van der Waals surface area (Å²) in [7, 11) is 0. The first kappa shape index (κ1) is 29.5. The Kier molecular flexibility index (Phi) is 10.9. The maximum atomic E-state index is 11.5. The first-order valence-electron chi connectivity index (χ1n) is 13.4. The molecule has 214 valence electrons. The average Bonchev–Trinajstić information content (AvgIpc) is 2.97. The zero-order valence-electron chi connectivity index (χ0n) is 22.4. The van der Waals surface area contributed by atoms with Gasteiger partial charge in [-0.25, -0.2) is 4.79 Å². The Morgan fingerprint density at radius 3 is 2.25 bits per heavy atom. The van der Waals surface area contributed by atoms with Crippen LogP contribution in [0.5, 0.6) is 5.75 Å². The fourth-order valence-corrected chi connectivity index (χ4v) is 4.35. The van der Waals surface area contributed by atoms with Gasteiger partial charge in [0, 0.05) is 6.42 Å². The van der Waals surface area contributed by atoms with E-state index in [1.807, 2.05) is 42.5 Å². The van der Waals surface area contributed by atoms with E-state index in [9.17, 15) is 20.1 Å². The normalized spacial score (nSPS) is 22.4. The van der Waals surface area contributed by atoms with Crippen molar-refractivity contribution in [2.45, 2.75) is 57.1 Å². The fraction of sp³-hybridized carbons (Fsp3) is 0.387. The SMILES string of the molecule is CCOC(=O)OC[C@H]1O[C@H](Oc2ccccc2Cc2ccc(CCOCc3ccccc3)cc2)[C@H](O)[C@@H](O)[C@@H]1O. The molecule has 40 heavy (non-hydrogen) atoms. The number of ether oxygens (including phenoxy) is 5. The quantitative estimate of drug-likeness (QED) is 0.229. The van der Waals surface area contributed by atoms with Gasteiger partial charge in [0.05, 0.1) is 19.8 Å². The molecular weight excluding hydrogens is 516 g/mol. The van der Waals surface area contributed by atoms with Crippen LogP contribution in [0.25, 0.3) is 0 Å². The minimum Gasteiger partial charge on any atom is -0.462 e. The first-order chi connectivity index (χ1) is 19.4. The number of aliphatic hydroxyl groups is 3. The Hall–Kier alpha value is -3.47. The summed E-state index contributed by atoms with van der Waals surface area (Å²) in [5.41, 5.74) is 4.23. The number of hydrogen-bond donors (Lipinski definition) is 3. The van der Waals surface area contributed by atoms with E-state index in [0.29, 0.717) is 25.4 Å². The Bertz CT molecular complexity index is 1180. The van der Waals surface area contributed by atoms with Gasteiger partial charge in [-0.3, -0.25) is 0 Å². The molecular formula is C31H36O9. The van der Waals surface area contributed by atoms with Gasteiger partial charge < -0.3 is 39.0 Å². The number of benzene rings is 3. The summed E-state index contributed by atoms with van der Waals surface area (Å²) in [6.45, 7) is 2.59. The number of carbonyl (C=O) groups is 1. The second kappa shape index (κ2) is 14.8. The topological polar surface area (TPSA) is 124 Å². The molecule has 1 saturated heterocycles. The monoisotopic (exact) mass is 552 g/mol. The Labute approximate surface area is 233 Å². The number of para-hydroxylation sites is 1. The second-order valence-corrected chi connectivity index (χ2v) is 9.52. The molecule has 9 heteroatoms. The molecule has 3 N–H and O–H groups in total. The van der Waals surface area contributed by atoms with Crippen molar-refractivity contribution in [2.75, 3.05) is 19.8 Å². The fourth-order valence-electron chi connectivity index (χ4n) is 4.35. The van der Waals surface area contributed by atoms with Gasteiger partial charge in [0.25, 0.3) is 0 Å². The van der Waals surface area contributed by atoms with Crippen LogP contribution in [0.1, 0.15) is 29.2 Å². The number of aliphatic hydroxyl groups excluding tert-OH is 3. The minimum absolute atomic E-state index is 0.128. The van der Waals surface area contributed by atoms with E-state index in [4.69, 9.17) is 23.7 Å². The van der Waals surface area contributed by atoms with Gasteiger partial charge in [0.1, 0.15) is 36.8 Å². The number of carbonyl (C=O) groups excluding carboxylic acids is 1. The van der Waals surface area contributed by atoms with Gasteiger partial charge in [-0.05, 0) is 41.7 Å². The van der Waals surface area contributed by atoms with Crippen LogP contribution < -0.4 is 4.74 Å². The molecule has 1 aliphatic rings. The summed E-state index contributed by atoms with van der Waals surface area (Å²) in [5.74, 6) is 0.457. The van der Waals surface area contributed by atoms with E-state index < -0.39 is 36.9 Å². The van der Waals surface area contributed by atoms with E-state index in [-0.39, 0.29) is 13.2 Å². The molecule has 0 amide bonds. The lowest BCUT2D eigenvalue weighted by atomic mass is 9.99. The molecule has 3 aromatic carbocycles. The largest absolute Gasteiger partial charge is 0.508 e. The number of hydrogen-bond acceptors (Lipinski definition) is 9. The van der Waals surface area contributed by atoms with Crippen LogP contribution >= 0.6 is 0 Å². The molecule has 9 nitrogen and oxygen atoms in total. The Morgan fingerprint density at radius 1 is 0.800 bits per heavy atom. The third-order valence-electron chi connectivity index (χ3n) is 6.58. The highest BCUT2D eigenvalue weighted by Gasteiger charge is 2.45. The number of rotatable bonds is 12. The maximum Gasteiger partial charge on any atom is 0.508 e. The van der Waals surface area contributed by atoms with Crippen molar-refractivity contribution >= 4 is 6.16 Å². The van der Waals surface area contributed by atoms with Crippen molar-refractivity contribution in [3.05, 3.63) is 101 Å². The average molecular weight is 553 g/mol. The molecule has 1 heterocycles. The second-order valence-electron chi connectivity index (χ2n) is 9.52. The van der Waals surface area contributed by atoms with Crippen LogP contribution in [0.4, 0.5) is 4.79 Å². The van der Waals surface area contributed by atoms with Gasteiger partial charge in [-0.15, -0.1) is 0 Å². The van der Waals surface area contributed by atoms with Crippen LogP contribution in [0, 0.1) is 0 Å². The first-order valence-corrected chi connectivity index (χ1v) is 13.4. The molecule has 1 aliphatic heterocycles. The lowest BCUT2D eigenvalue weighted by Crippen LogP contribution is -2.60. The molecule has 0 spiro atoms. The molecule has 0 unspecified atom stereocenters. The van der Waals surface area contributed by atoms with Gasteiger partial charge in [0.2, 0.25) is 6.29 Å². The van der Waals surface area contributed by atoms with Crippen LogP contribution in [-0.2, 0) is 38.4 Å². The molecule has 3 aromatic rings. The van der Waals surface area contributed by atoms with E-state index >= 15 is 0 Å². The molecule has 0 aromatic heterocycles. The minimum atomic E-state index is -1.56. The summed E-state index contributed by atoms with van der Waals surface area (Å²) in [6.07, 6.45) is -6.55. The summed E-state index contributed by atoms with van der Waals surface area (Å²) >= 11 is 0. The smallest absolute Gasteiger partial charge is 0.462 e. The van der Waals surface area contributed by atoms with Crippen LogP contribution in [0.3, 0.4) is 0 Å².